The fourth-order valence-corrected chi connectivity index (χ4v) is 6.40. The number of imidazole rings is 1. The minimum atomic E-state index is -3.53. The van der Waals surface area contributed by atoms with E-state index in [9.17, 15) is 8.42 Å². The summed E-state index contributed by atoms with van der Waals surface area (Å²) in [5.74, 6) is 1.88. The predicted molar refractivity (Wildman–Crippen MR) is 123 cm³/mol. The van der Waals surface area contributed by atoms with Crippen LogP contribution in [-0.4, -0.2) is 42.2 Å². The van der Waals surface area contributed by atoms with Crippen molar-refractivity contribution in [3.05, 3.63) is 40.9 Å². The van der Waals surface area contributed by atoms with Crippen molar-refractivity contribution >= 4 is 44.4 Å². The van der Waals surface area contributed by atoms with E-state index in [0.29, 0.717) is 40.9 Å². The summed E-state index contributed by atoms with van der Waals surface area (Å²) in [7, 11) is -3.53. The van der Waals surface area contributed by atoms with Gasteiger partial charge in [0.05, 0.1) is 21.0 Å². The van der Waals surface area contributed by atoms with Gasteiger partial charge in [-0.25, -0.2) is 13.4 Å². The normalized spacial score (nSPS) is 13.5. The number of nitrogens with zero attached hydrogens (tertiary/aromatic N) is 3. The Hall–Kier alpha value is -1.94. The molecule has 0 N–H and O–H groups in total. The maximum atomic E-state index is 12.9. The molecule has 1 aliphatic heterocycles. The molecule has 1 aromatic heterocycles. The van der Waals surface area contributed by atoms with Crippen molar-refractivity contribution in [2.24, 2.45) is 0 Å². The van der Waals surface area contributed by atoms with Crippen molar-refractivity contribution in [3.8, 4) is 11.5 Å². The predicted octanol–water partition coefficient (Wildman–Crippen LogP) is 4.76. The highest BCUT2D eigenvalue weighted by Crippen LogP contribution is 2.41. The molecule has 0 bridgehead atoms. The number of hydrogen-bond donors (Lipinski definition) is 0. The zero-order valence-corrected chi connectivity index (χ0v) is 20.0. The Labute approximate surface area is 191 Å². The summed E-state index contributed by atoms with van der Waals surface area (Å²) < 4.78 is 40.1. The summed E-state index contributed by atoms with van der Waals surface area (Å²) in [6.07, 6.45) is 0. The van der Waals surface area contributed by atoms with Crippen LogP contribution in [0, 0.1) is 0 Å². The van der Waals surface area contributed by atoms with Crippen LogP contribution in [0.3, 0.4) is 0 Å². The molecular formula is C21H24ClN3O4S2. The van der Waals surface area contributed by atoms with E-state index in [1.165, 1.54) is 4.31 Å². The summed E-state index contributed by atoms with van der Waals surface area (Å²) in [5, 5.41) is 1.35. The van der Waals surface area contributed by atoms with Gasteiger partial charge in [0.1, 0.15) is 0 Å². The summed E-state index contributed by atoms with van der Waals surface area (Å²) in [6.45, 7) is 7.48. The van der Waals surface area contributed by atoms with Crippen LogP contribution in [-0.2, 0) is 22.3 Å². The summed E-state index contributed by atoms with van der Waals surface area (Å²) >= 11 is 7.86. The molecule has 0 saturated carbocycles. The zero-order valence-electron chi connectivity index (χ0n) is 17.6. The molecule has 0 radical (unpaired) electrons. The maximum absolute atomic E-state index is 12.9. The van der Waals surface area contributed by atoms with Gasteiger partial charge in [-0.2, -0.15) is 4.31 Å². The quantitative estimate of drug-likeness (QED) is 0.432. The van der Waals surface area contributed by atoms with Crippen molar-refractivity contribution in [2.45, 2.75) is 43.1 Å². The van der Waals surface area contributed by atoms with Crippen LogP contribution in [0.4, 0.5) is 0 Å². The van der Waals surface area contributed by atoms with Gasteiger partial charge in [0.2, 0.25) is 16.8 Å². The number of halogens is 1. The molecule has 2 aromatic carbocycles. The molecule has 3 aromatic rings. The molecular weight excluding hydrogens is 458 g/mol. The number of sulfonamides is 1. The SMILES string of the molecule is CCN(CC)S(=O)(=O)c1ccc2c(c1)nc(SCc1cc(Cl)c3c(c1)OCO3)n2CC. The van der Waals surface area contributed by atoms with Gasteiger partial charge >= 0.3 is 0 Å². The summed E-state index contributed by atoms with van der Waals surface area (Å²) in [5.41, 5.74) is 2.58. The second kappa shape index (κ2) is 8.90. The monoisotopic (exact) mass is 481 g/mol. The first-order valence-electron chi connectivity index (χ1n) is 10.1. The van der Waals surface area contributed by atoms with Gasteiger partial charge in [0.15, 0.2) is 16.7 Å². The number of aromatic nitrogens is 2. The second-order valence-electron chi connectivity index (χ2n) is 6.98. The van der Waals surface area contributed by atoms with E-state index in [-0.39, 0.29) is 11.7 Å². The van der Waals surface area contributed by atoms with E-state index in [0.717, 1.165) is 22.8 Å². The molecule has 2 heterocycles. The lowest BCUT2D eigenvalue weighted by molar-refractivity contribution is 0.174. The number of fused-ring (bicyclic) bond motifs is 2. The Morgan fingerprint density at radius 2 is 1.94 bits per heavy atom. The lowest BCUT2D eigenvalue weighted by Gasteiger charge is -2.18. The van der Waals surface area contributed by atoms with Crippen LogP contribution < -0.4 is 9.47 Å². The number of thioether (sulfide) groups is 1. The number of rotatable bonds is 8. The van der Waals surface area contributed by atoms with Gasteiger partial charge < -0.3 is 14.0 Å². The minimum Gasteiger partial charge on any atom is -0.454 e. The first-order valence-corrected chi connectivity index (χ1v) is 12.9. The molecule has 4 rings (SSSR count). The average molecular weight is 482 g/mol. The van der Waals surface area contributed by atoms with Crippen LogP contribution in [0.1, 0.15) is 26.3 Å². The van der Waals surface area contributed by atoms with Gasteiger partial charge in [0.25, 0.3) is 0 Å². The molecule has 0 unspecified atom stereocenters. The molecule has 10 heteroatoms. The maximum Gasteiger partial charge on any atom is 0.243 e. The Morgan fingerprint density at radius 3 is 2.65 bits per heavy atom. The van der Waals surface area contributed by atoms with Crippen molar-refractivity contribution < 1.29 is 17.9 Å². The summed E-state index contributed by atoms with van der Waals surface area (Å²) in [4.78, 5) is 5.00. The highest BCUT2D eigenvalue weighted by molar-refractivity contribution is 7.98. The molecule has 0 aliphatic carbocycles. The summed E-state index contributed by atoms with van der Waals surface area (Å²) in [6, 6.07) is 8.96. The van der Waals surface area contributed by atoms with Crippen molar-refractivity contribution in [1.82, 2.24) is 13.9 Å². The highest BCUT2D eigenvalue weighted by atomic mass is 35.5. The van der Waals surface area contributed by atoms with Crippen molar-refractivity contribution in [1.29, 1.82) is 0 Å². The van der Waals surface area contributed by atoms with Crippen molar-refractivity contribution in [3.63, 3.8) is 0 Å². The minimum absolute atomic E-state index is 0.177. The van der Waals surface area contributed by atoms with Crippen LogP contribution in [0.15, 0.2) is 40.4 Å². The molecule has 1 aliphatic rings. The van der Waals surface area contributed by atoms with Crippen LogP contribution in [0.25, 0.3) is 11.0 Å². The van der Waals surface area contributed by atoms with E-state index < -0.39 is 10.0 Å². The number of aryl methyl sites for hydroxylation is 1. The third kappa shape index (κ3) is 4.11. The topological polar surface area (TPSA) is 73.7 Å². The Bertz CT molecular complexity index is 1220. The molecule has 0 amide bonds. The Morgan fingerprint density at radius 1 is 1.16 bits per heavy atom. The van der Waals surface area contributed by atoms with Crippen molar-refractivity contribution in [2.75, 3.05) is 19.9 Å². The molecule has 0 fully saturated rings. The van der Waals surface area contributed by atoms with E-state index >= 15 is 0 Å². The van der Waals surface area contributed by atoms with Gasteiger partial charge in [-0.15, -0.1) is 0 Å². The molecule has 0 atom stereocenters. The van der Waals surface area contributed by atoms with Gasteiger partial charge in [-0.1, -0.05) is 37.2 Å². The van der Waals surface area contributed by atoms with Crippen LogP contribution in [0.5, 0.6) is 11.5 Å². The van der Waals surface area contributed by atoms with Gasteiger partial charge in [0, 0.05) is 25.4 Å². The second-order valence-corrected chi connectivity index (χ2v) is 10.3. The third-order valence-corrected chi connectivity index (χ3v) is 8.57. The standard InChI is InChI=1S/C21H24ClN3O4S2/c1-4-24(5-2)31(26,27)15-7-8-18-17(11-15)23-21(25(18)6-3)30-12-14-9-16(22)20-19(10-14)28-13-29-20/h7-11H,4-6,12-13H2,1-3H3. The average Bonchev–Trinajstić information content (AvgIpc) is 3.36. The number of hydrogen-bond acceptors (Lipinski definition) is 6. The molecule has 7 nitrogen and oxygen atoms in total. The van der Waals surface area contributed by atoms with E-state index in [2.05, 4.69) is 4.57 Å². The van der Waals surface area contributed by atoms with Crippen LogP contribution >= 0.6 is 23.4 Å². The fraction of sp³-hybridized carbons (Fsp3) is 0.381. The molecule has 0 saturated heterocycles. The van der Waals surface area contributed by atoms with E-state index in [1.54, 1.807) is 23.9 Å². The highest BCUT2D eigenvalue weighted by Gasteiger charge is 2.23. The largest absolute Gasteiger partial charge is 0.454 e. The Kier molecular flexibility index (Phi) is 6.39. The third-order valence-electron chi connectivity index (χ3n) is 5.20. The van der Waals surface area contributed by atoms with Gasteiger partial charge in [-0.05, 0) is 42.8 Å². The van der Waals surface area contributed by atoms with E-state index in [4.69, 9.17) is 26.1 Å². The lowest BCUT2D eigenvalue weighted by Crippen LogP contribution is -2.30. The molecule has 31 heavy (non-hydrogen) atoms. The van der Waals surface area contributed by atoms with Crippen LogP contribution in [0.2, 0.25) is 5.02 Å². The van der Waals surface area contributed by atoms with Gasteiger partial charge in [-0.3, -0.25) is 0 Å². The Balaban J connectivity index is 1.64. The molecule has 0 spiro atoms. The first-order chi connectivity index (χ1) is 14.9. The molecule has 166 valence electrons. The first kappa shape index (κ1) is 22.3. The number of benzene rings is 2. The number of ether oxygens (including phenoxy) is 2. The van der Waals surface area contributed by atoms with E-state index in [1.807, 2.05) is 39.0 Å². The fourth-order valence-electron chi connectivity index (χ4n) is 3.63. The smallest absolute Gasteiger partial charge is 0.243 e. The zero-order chi connectivity index (χ0) is 22.2. The lowest BCUT2D eigenvalue weighted by atomic mass is 10.2.